The third-order valence-corrected chi connectivity index (χ3v) is 4.14. The molecule has 0 saturated carbocycles. The largest absolute Gasteiger partial charge is 0.495 e. The predicted molar refractivity (Wildman–Crippen MR) is 84.3 cm³/mol. The quantitative estimate of drug-likeness (QED) is 0.586. The number of hydrogen-bond donors (Lipinski definition) is 2. The monoisotopic (exact) mass is 293 g/mol. The Labute approximate surface area is 124 Å². The van der Waals surface area contributed by atoms with Crippen LogP contribution in [-0.4, -0.2) is 20.1 Å². The second-order valence-corrected chi connectivity index (χ2v) is 5.55. The molecular weight excluding hydrogens is 282 g/mol. The van der Waals surface area contributed by atoms with Crippen LogP contribution in [0.3, 0.4) is 0 Å². The van der Waals surface area contributed by atoms with Gasteiger partial charge in [-0.2, -0.15) is 0 Å². The smallest absolute Gasteiger partial charge is 0.190 e. The Hall–Kier alpha value is -2.66. The number of aromatic amines is 1. The number of nitrogens with one attached hydrogen (secondary N) is 1. The van der Waals surface area contributed by atoms with Crippen LogP contribution in [0.4, 0.5) is 0 Å². The molecule has 4 aromatic rings. The number of benzene rings is 1. The fraction of sp³-hybridized carbons (Fsp3) is 0. The maximum absolute atomic E-state index is 9.46. The zero-order valence-electron chi connectivity index (χ0n) is 10.9. The van der Waals surface area contributed by atoms with Crippen LogP contribution in [0.15, 0.2) is 53.9 Å². The van der Waals surface area contributed by atoms with Crippen LogP contribution < -0.4 is 0 Å². The number of thiazole rings is 1. The van der Waals surface area contributed by atoms with Crippen LogP contribution in [0.5, 0.6) is 5.88 Å². The molecule has 0 radical (unpaired) electrons. The second-order valence-electron chi connectivity index (χ2n) is 4.69. The van der Waals surface area contributed by atoms with Crippen LogP contribution in [-0.2, 0) is 0 Å². The van der Waals surface area contributed by atoms with E-state index in [2.05, 4.69) is 15.0 Å². The summed E-state index contributed by atoms with van der Waals surface area (Å²) in [5.41, 5.74) is 4.31. The number of aromatic hydroxyl groups is 1. The molecule has 4 rings (SSSR count). The Morgan fingerprint density at radius 1 is 0.952 bits per heavy atom. The molecule has 0 spiro atoms. The minimum absolute atomic E-state index is 0.123. The number of rotatable bonds is 2. The molecule has 0 amide bonds. The van der Waals surface area contributed by atoms with E-state index in [1.165, 1.54) is 0 Å². The Bertz CT molecular complexity index is 912. The van der Waals surface area contributed by atoms with Crippen LogP contribution in [0.1, 0.15) is 0 Å². The van der Waals surface area contributed by atoms with Crippen molar-refractivity contribution in [2.75, 3.05) is 0 Å². The lowest BCUT2D eigenvalue weighted by Crippen LogP contribution is -1.84. The summed E-state index contributed by atoms with van der Waals surface area (Å²) in [5.74, 6) is 0.123. The summed E-state index contributed by atoms with van der Waals surface area (Å²) in [6.07, 6.45) is 0. The van der Waals surface area contributed by atoms with Crippen molar-refractivity contribution >= 4 is 22.4 Å². The van der Waals surface area contributed by atoms with Gasteiger partial charge in [-0.25, -0.2) is 9.97 Å². The molecule has 0 aliphatic heterocycles. The third-order valence-electron chi connectivity index (χ3n) is 3.25. The van der Waals surface area contributed by atoms with Gasteiger partial charge in [-0.1, -0.05) is 30.3 Å². The Balaban J connectivity index is 1.77. The van der Waals surface area contributed by atoms with Crippen molar-refractivity contribution in [1.82, 2.24) is 15.0 Å². The molecule has 4 nitrogen and oxygen atoms in total. The molecule has 0 fully saturated rings. The molecule has 0 aliphatic carbocycles. The predicted octanol–water partition coefficient (Wildman–Crippen LogP) is 4.06. The number of fused-ring (bicyclic) bond motifs is 1. The van der Waals surface area contributed by atoms with Gasteiger partial charge in [0.2, 0.25) is 0 Å². The van der Waals surface area contributed by atoms with E-state index in [0.717, 1.165) is 33.0 Å². The normalized spacial score (nSPS) is 11.0. The highest BCUT2D eigenvalue weighted by molar-refractivity contribution is 7.13. The maximum Gasteiger partial charge on any atom is 0.190 e. The molecule has 3 aromatic heterocycles. The van der Waals surface area contributed by atoms with Gasteiger partial charge in [-0.05, 0) is 12.1 Å². The molecule has 0 atom stereocenters. The zero-order chi connectivity index (χ0) is 14.2. The van der Waals surface area contributed by atoms with Crippen molar-refractivity contribution in [2.24, 2.45) is 0 Å². The van der Waals surface area contributed by atoms with E-state index < -0.39 is 0 Å². The molecule has 5 heteroatoms. The maximum atomic E-state index is 9.46. The Morgan fingerprint density at radius 2 is 1.81 bits per heavy atom. The van der Waals surface area contributed by atoms with E-state index in [9.17, 15) is 5.11 Å². The third kappa shape index (κ3) is 2.17. The second kappa shape index (κ2) is 4.71. The van der Waals surface area contributed by atoms with Crippen molar-refractivity contribution in [3.05, 3.63) is 53.9 Å². The van der Waals surface area contributed by atoms with E-state index in [1.54, 1.807) is 17.4 Å². The molecule has 0 aliphatic rings. The van der Waals surface area contributed by atoms with Gasteiger partial charge in [-0.3, -0.25) is 0 Å². The van der Waals surface area contributed by atoms with Gasteiger partial charge < -0.3 is 10.1 Å². The lowest BCUT2D eigenvalue weighted by molar-refractivity contribution is 0.458. The summed E-state index contributed by atoms with van der Waals surface area (Å²) in [4.78, 5) is 12.0. The summed E-state index contributed by atoms with van der Waals surface area (Å²) < 4.78 is 0. The van der Waals surface area contributed by atoms with Crippen LogP contribution in [0.2, 0.25) is 0 Å². The van der Waals surface area contributed by atoms with Crippen molar-refractivity contribution in [1.29, 1.82) is 0 Å². The van der Waals surface area contributed by atoms with Gasteiger partial charge in [0.25, 0.3) is 0 Å². The summed E-state index contributed by atoms with van der Waals surface area (Å²) >= 11 is 1.60. The van der Waals surface area contributed by atoms with Gasteiger partial charge in [-0.15, -0.1) is 11.3 Å². The van der Waals surface area contributed by atoms with Crippen molar-refractivity contribution in [3.63, 3.8) is 0 Å². The van der Waals surface area contributed by atoms with E-state index in [4.69, 9.17) is 0 Å². The van der Waals surface area contributed by atoms with Crippen LogP contribution in [0.25, 0.3) is 33.0 Å². The van der Waals surface area contributed by atoms with Gasteiger partial charge in [0, 0.05) is 17.0 Å². The first-order valence-corrected chi connectivity index (χ1v) is 7.37. The Kier molecular flexibility index (Phi) is 2.72. The molecule has 0 saturated heterocycles. The lowest BCUT2D eigenvalue weighted by Gasteiger charge is -1.97. The molecule has 102 valence electrons. The number of H-pyrrole nitrogens is 1. The standard InChI is InChI=1S/C16H11N3OS/c20-15-8-13-11(18-15)6-7-12(17-13)14-9-21-16(19-14)10-4-2-1-3-5-10/h1-9,18,20H. The molecule has 2 N–H and O–H groups in total. The topological polar surface area (TPSA) is 61.8 Å². The number of pyridine rings is 1. The van der Waals surface area contributed by atoms with Gasteiger partial charge in [0.15, 0.2) is 5.88 Å². The fourth-order valence-corrected chi connectivity index (χ4v) is 3.06. The highest BCUT2D eigenvalue weighted by Crippen LogP contribution is 2.29. The highest BCUT2D eigenvalue weighted by atomic mass is 32.1. The van der Waals surface area contributed by atoms with E-state index in [-0.39, 0.29) is 5.88 Å². The van der Waals surface area contributed by atoms with Crippen LogP contribution >= 0.6 is 11.3 Å². The van der Waals surface area contributed by atoms with Gasteiger partial charge in [0.05, 0.1) is 16.7 Å². The number of aromatic nitrogens is 3. The van der Waals surface area contributed by atoms with E-state index >= 15 is 0 Å². The first-order chi connectivity index (χ1) is 10.3. The number of hydrogen-bond acceptors (Lipinski definition) is 4. The molecule has 1 aromatic carbocycles. The van der Waals surface area contributed by atoms with Crippen molar-refractivity contribution < 1.29 is 5.11 Å². The molecule has 3 heterocycles. The van der Waals surface area contributed by atoms with Crippen LogP contribution in [0, 0.1) is 0 Å². The molecular formula is C16H11N3OS. The van der Waals surface area contributed by atoms with E-state index in [0.29, 0.717) is 0 Å². The fourth-order valence-electron chi connectivity index (χ4n) is 2.24. The number of nitrogens with zero attached hydrogens (tertiary/aromatic N) is 2. The molecule has 21 heavy (non-hydrogen) atoms. The summed E-state index contributed by atoms with van der Waals surface area (Å²) in [6, 6.07) is 15.5. The minimum atomic E-state index is 0.123. The molecule has 0 unspecified atom stereocenters. The van der Waals surface area contributed by atoms with Crippen molar-refractivity contribution in [3.8, 4) is 27.8 Å². The zero-order valence-corrected chi connectivity index (χ0v) is 11.8. The highest BCUT2D eigenvalue weighted by Gasteiger charge is 2.09. The Morgan fingerprint density at radius 3 is 2.67 bits per heavy atom. The van der Waals surface area contributed by atoms with Gasteiger partial charge >= 0.3 is 0 Å². The average Bonchev–Trinajstić information content (AvgIpc) is 3.12. The van der Waals surface area contributed by atoms with Gasteiger partial charge in [0.1, 0.15) is 10.7 Å². The first kappa shape index (κ1) is 12.1. The summed E-state index contributed by atoms with van der Waals surface area (Å²) in [6.45, 7) is 0. The summed E-state index contributed by atoms with van der Waals surface area (Å²) in [7, 11) is 0. The minimum Gasteiger partial charge on any atom is -0.495 e. The van der Waals surface area contributed by atoms with Crippen molar-refractivity contribution in [2.45, 2.75) is 0 Å². The van der Waals surface area contributed by atoms with E-state index in [1.807, 2.05) is 47.8 Å². The lowest BCUT2D eigenvalue weighted by atomic mass is 10.2. The average molecular weight is 293 g/mol. The SMILES string of the molecule is Oc1cc2nc(-c3csc(-c4ccccc4)n3)ccc2[nH]1. The summed E-state index contributed by atoms with van der Waals surface area (Å²) in [5, 5.41) is 12.4. The first-order valence-electron chi connectivity index (χ1n) is 6.50. The molecule has 0 bridgehead atoms.